The highest BCUT2D eigenvalue weighted by molar-refractivity contribution is 6.33. The highest BCUT2D eigenvalue weighted by atomic mass is 35.5. The van der Waals surface area contributed by atoms with Gasteiger partial charge in [0.05, 0.1) is 10.7 Å². The van der Waals surface area contributed by atoms with E-state index >= 15 is 0 Å². The van der Waals surface area contributed by atoms with Gasteiger partial charge in [0.1, 0.15) is 5.75 Å². The average Bonchev–Trinajstić information content (AvgIpc) is 2.44. The number of halogens is 2. The molecule has 0 aliphatic heterocycles. The molecule has 20 heavy (non-hydrogen) atoms. The Balaban J connectivity index is 1.99. The molecule has 2 aromatic rings. The van der Waals surface area contributed by atoms with E-state index < -0.39 is 6.10 Å². The van der Waals surface area contributed by atoms with E-state index in [-0.39, 0.29) is 5.91 Å². The first-order valence-electron chi connectivity index (χ1n) is 6.04. The molecule has 0 aliphatic carbocycles. The molecule has 2 rings (SSSR count). The second-order valence-corrected chi connectivity index (χ2v) is 5.03. The molecule has 1 atom stereocenters. The summed E-state index contributed by atoms with van der Waals surface area (Å²) < 4.78 is 5.53. The summed E-state index contributed by atoms with van der Waals surface area (Å²) in [4.78, 5) is 12.0. The molecule has 0 fully saturated rings. The first kappa shape index (κ1) is 14.7. The predicted octanol–water partition coefficient (Wildman–Crippen LogP) is 4.40. The Hall–Kier alpha value is -1.71. The SMILES string of the molecule is C[C@@H](Oc1ccc(Cl)cc1)C(=O)Nc1ccccc1Cl. The topological polar surface area (TPSA) is 38.3 Å². The van der Waals surface area contributed by atoms with Crippen LogP contribution in [0.15, 0.2) is 48.5 Å². The lowest BCUT2D eigenvalue weighted by atomic mass is 10.3. The quantitative estimate of drug-likeness (QED) is 0.909. The number of ether oxygens (including phenoxy) is 1. The highest BCUT2D eigenvalue weighted by Crippen LogP contribution is 2.21. The van der Waals surface area contributed by atoms with Crippen molar-refractivity contribution in [2.24, 2.45) is 0 Å². The maximum absolute atomic E-state index is 12.0. The second kappa shape index (κ2) is 6.64. The van der Waals surface area contributed by atoms with Crippen molar-refractivity contribution < 1.29 is 9.53 Å². The molecule has 0 aromatic heterocycles. The predicted molar refractivity (Wildman–Crippen MR) is 81.6 cm³/mol. The van der Waals surface area contributed by atoms with Crippen LogP contribution in [0.3, 0.4) is 0 Å². The van der Waals surface area contributed by atoms with Crippen LogP contribution in [0.2, 0.25) is 10.0 Å². The molecular weight excluding hydrogens is 297 g/mol. The van der Waals surface area contributed by atoms with E-state index in [1.807, 2.05) is 0 Å². The summed E-state index contributed by atoms with van der Waals surface area (Å²) in [5.41, 5.74) is 0.561. The number of anilines is 1. The molecular formula is C15H13Cl2NO2. The van der Waals surface area contributed by atoms with E-state index in [0.717, 1.165) is 0 Å². The molecule has 0 spiro atoms. The smallest absolute Gasteiger partial charge is 0.265 e. The summed E-state index contributed by atoms with van der Waals surface area (Å²) in [6, 6.07) is 13.9. The van der Waals surface area contributed by atoms with Crippen LogP contribution in [0, 0.1) is 0 Å². The van der Waals surface area contributed by atoms with E-state index in [0.29, 0.717) is 21.5 Å². The van der Waals surface area contributed by atoms with Crippen LogP contribution in [0.25, 0.3) is 0 Å². The van der Waals surface area contributed by atoms with Gasteiger partial charge in [-0.1, -0.05) is 35.3 Å². The lowest BCUT2D eigenvalue weighted by molar-refractivity contribution is -0.122. The van der Waals surface area contributed by atoms with E-state index in [2.05, 4.69) is 5.32 Å². The Bertz CT molecular complexity index is 599. The van der Waals surface area contributed by atoms with Crippen LogP contribution in [0.1, 0.15) is 6.92 Å². The van der Waals surface area contributed by atoms with Gasteiger partial charge < -0.3 is 10.1 Å². The Morgan fingerprint density at radius 2 is 1.75 bits per heavy atom. The maximum Gasteiger partial charge on any atom is 0.265 e. The molecule has 104 valence electrons. The van der Waals surface area contributed by atoms with E-state index in [1.165, 1.54) is 0 Å². The fraction of sp³-hybridized carbons (Fsp3) is 0.133. The second-order valence-electron chi connectivity index (χ2n) is 4.18. The van der Waals surface area contributed by atoms with Crippen LogP contribution in [0.4, 0.5) is 5.69 Å². The standard InChI is InChI=1S/C15H13Cl2NO2/c1-10(20-12-8-6-11(16)7-9-12)15(19)18-14-5-3-2-4-13(14)17/h2-10H,1H3,(H,18,19)/t10-/m1/s1. The average molecular weight is 310 g/mol. The van der Waals surface area contributed by atoms with Crippen molar-refractivity contribution in [3.8, 4) is 5.75 Å². The lowest BCUT2D eigenvalue weighted by Crippen LogP contribution is -2.30. The Labute approximate surface area is 127 Å². The van der Waals surface area contributed by atoms with Crippen LogP contribution in [-0.4, -0.2) is 12.0 Å². The van der Waals surface area contributed by atoms with Crippen LogP contribution >= 0.6 is 23.2 Å². The number of amides is 1. The number of carbonyl (C=O) groups is 1. The summed E-state index contributed by atoms with van der Waals surface area (Å²) in [6.45, 7) is 1.67. The molecule has 0 saturated heterocycles. The van der Waals surface area contributed by atoms with Crippen LogP contribution in [0.5, 0.6) is 5.75 Å². The zero-order valence-electron chi connectivity index (χ0n) is 10.8. The number of nitrogens with one attached hydrogen (secondary N) is 1. The first-order chi connectivity index (χ1) is 9.56. The number of carbonyl (C=O) groups excluding carboxylic acids is 1. The minimum Gasteiger partial charge on any atom is -0.481 e. The molecule has 0 aliphatic rings. The molecule has 1 N–H and O–H groups in total. The number of hydrogen-bond donors (Lipinski definition) is 1. The van der Waals surface area contributed by atoms with Gasteiger partial charge in [0.2, 0.25) is 0 Å². The van der Waals surface area contributed by atoms with E-state index in [9.17, 15) is 4.79 Å². The zero-order chi connectivity index (χ0) is 14.5. The summed E-state index contributed by atoms with van der Waals surface area (Å²) in [5, 5.41) is 3.82. The number of benzene rings is 2. The molecule has 5 heteroatoms. The largest absolute Gasteiger partial charge is 0.481 e. The normalized spacial score (nSPS) is 11.8. The third kappa shape index (κ3) is 3.89. The van der Waals surface area contributed by atoms with Gasteiger partial charge in [0.25, 0.3) is 5.91 Å². The van der Waals surface area contributed by atoms with Gasteiger partial charge in [-0.25, -0.2) is 0 Å². The van der Waals surface area contributed by atoms with Gasteiger partial charge in [0.15, 0.2) is 6.10 Å². The molecule has 2 aromatic carbocycles. The molecule has 0 unspecified atom stereocenters. The van der Waals surface area contributed by atoms with Gasteiger partial charge in [-0.2, -0.15) is 0 Å². The first-order valence-corrected chi connectivity index (χ1v) is 6.79. The Kier molecular flexibility index (Phi) is 4.88. The third-order valence-corrected chi connectivity index (χ3v) is 3.21. The van der Waals surface area contributed by atoms with Crippen molar-refractivity contribution in [1.29, 1.82) is 0 Å². The number of rotatable bonds is 4. The van der Waals surface area contributed by atoms with Crippen molar-refractivity contribution in [2.45, 2.75) is 13.0 Å². The lowest BCUT2D eigenvalue weighted by Gasteiger charge is -2.15. The van der Waals surface area contributed by atoms with Gasteiger partial charge in [-0.05, 0) is 43.3 Å². The highest BCUT2D eigenvalue weighted by Gasteiger charge is 2.15. The minimum atomic E-state index is -0.646. The zero-order valence-corrected chi connectivity index (χ0v) is 12.3. The maximum atomic E-state index is 12.0. The molecule has 0 bridgehead atoms. The van der Waals surface area contributed by atoms with Gasteiger partial charge in [-0.3, -0.25) is 4.79 Å². The van der Waals surface area contributed by atoms with Gasteiger partial charge >= 0.3 is 0 Å². The molecule has 0 saturated carbocycles. The third-order valence-electron chi connectivity index (χ3n) is 2.63. The molecule has 3 nitrogen and oxygen atoms in total. The molecule has 1 amide bonds. The van der Waals surface area contributed by atoms with Gasteiger partial charge in [0, 0.05) is 5.02 Å². The summed E-state index contributed by atoms with van der Waals surface area (Å²) >= 11 is 11.8. The number of hydrogen-bond acceptors (Lipinski definition) is 2. The molecule has 0 radical (unpaired) electrons. The Morgan fingerprint density at radius 1 is 1.10 bits per heavy atom. The van der Waals surface area contributed by atoms with E-state index in [4.69, 9.17) is 27.9 Å². The summed E-state index contributed by atoms with van der Waals surface area (Å²) in [7, 11) is 0. The molecule has 0 heterocycles. The number of para-hydroxylation sites is 1. The van der Waals surface area contributed by atoms with E-state index in [1.54, 1.807) is 55.5 Å². The van der Waals surface area contributed by atoms with Crippen molar-refractivity contribution in [1.82, 2.24) is 0 Å². The fourth-order valence-corrected chi connectivity index (χ4v) is 1.88. The Morgan fingerprint density at radius 3 is 2.40 bits per heavy atom. The summed E-state index contributed by atoms with van der Waals surface area (Å²) in [6.07, 6.45) is -0.646. The minimum absolute atomic E-state index is 0.270. The van der Waals surface area contributed by atoms with Crippen molar-refractivity contribution in [2.75, 3.05) is 5.32 Å². The van der Waals surface area contributed by atoms with Crippen molar-refractivity contribution in [3.05, 3.63) is 58.6 Å². The fourth-order valence-electron chi connectivity index (χ4n) is 1.57. The van der Waals surface area contributed by atoms with Gasteiger partial charge in [-0.15, -0.1) is 0 Å². The van der Waals surface area contributed by atoms with Crippen molar-refractivity contribution >= 4 is 34.8 Å². The monoisotopic (exact) mass is 309 g/mol. The van der Waals surface area contributed by atoms with Crippen molar-refractivity contribution in [3.63, 3.8) is 0 Å². The van der Waals surface area contributed by atoms with Crippen LogP contribution in [-0.2, 0) is 4.79 Å². The summed E-state index contributed by atoms with van der Waals surface area (Å²) in [5.74, 6) is 0.309. The van der Waals surface area contributed by atoms with Crippen LogP contribution < -0.4 is 10.1 Å².